The van der Waals surface area contributed by atoms with Gasteiger partial charge in [-0.3, -0.25) is 0 Å². The number of hydrogen-bond donors (Lipinski definition) is 0. The third kappa shape index (κ3) is 4.38. The second-order valence-corrected chi connectivity index (χ2v) is 15.7. The zero-order valence-corrected chi connectivity index (χ0v) is 30.2. The summed E-state index contributed by atoms with van der Waals surface area (Å²) in [6.45, 7) is 0. The number of hydrogen-bond acceptors (Lipinski definition) is 2. The molecule has 2 heterocycles. The highest BCUT2D eigenvalue weighted by molar-refractivity contribution is 7.26. The Morgan fingerprint density at radius 2 is 1.04 bits per heavy atom. The summed E-state index contributed by atoms with van der Waals surface area (Å²) in [7, 11) is 0. The predicted molar refractivity (Wildman–Crippen MR) is 234 cm³/mol. The minimum Gasteiger partial charge on any atom is -0.456 e. The number of rotatable bonds is 3. The van der Waals surface area contributed by atoms with Crippen LogP contribution in [-0.2, 0) is 0 Å². The third-order valence-electron chi connectivity index (χ3n) is 11.7. The first kappa shape index (κ1) is 30.0. The fraction of sp³-hybridized carbons (Fsp3) is 0.0385. The number of thiophene rings is 1. The normalized spacial score (nSPS) is 13.4. The van der Waals surface area contributed by atoms with Crippen molar-refractivity contribution in [2.45, 2.75) is 12.8 Å². The Hall–Kier alpha value is -6.48. The average molecular weight is 705 g/mol. The Bertz CT molecular complexity index is 3390. The van der Waals surface area contributed by atoms with Crippen LogP contribution in [0.1, 0.15) is 18.4 Å². The van der Waals surface area contributed by atoms with Crippen molar-refractivity contribution in [2.24, 2.45) is 0 Å². The molecule has 2 aromatic heterocycles. The first-order chi connectivity index (χ1) is 26.8. The van der Waals surface area contributed by atoms with Gasteiger partial charge < -0.3 is 4.42 Å². The molecule has 0 saturated heterocycles. The SMILES string of the molecule is C1=CCCC(c2ccc3cc(-c4c5ccccc5c(-c5ccc6c(c5)sc5ccc7ccc8oc9ccccc9c8c7c56)c5ccccc45)ccc3c2)=C1. The summed E-state index contributed by atoms with van der Waals surface area (Å²) in [6, 6.07) is 56.4. The topological polar surface area (TPSA) is 13.1 Å². The Labute approximate surface area is 315 Å². The van der Waals surface area contributed by atoms with E-state index >= 15 is 0 Å². The quantitative estimate of drug-likeness (QED) is 0.167. The summed E-state index contributed by atoms with van der Waals surface area (Å²) in [5.41, 5.74) is 9.70. The van der Waals surface area contributed by atoms with Crippen molar-refractivity contribution in [1.29, 1.82) is 0 Å². The largest absolute Gasteiger partial charge is 0.456 e. The monoisotopic (exact) mass is 704 g/mol. The van der Waals surface area contributed by atoms with E-state index in [4.69, 9.17) is 4.42 Å². The van der Waals surface area contributed by atoms with Crippen LogP contribution >= 0.6 is 11.3 Å². The van der Waals surface area contributed by atoms with Gasteiger partial charge in [-0.05, 0) is 120 Å². The molecule has 0 spiro atoms. The minimum absolute atomic E-state index is 0.934. The van der Waals surface area contributed by atoms with Crippen molar-refractivity contribution in [3.05, 3.63) is 175 Å². The van der Waals surface area contributed by atoms with Crippen LogP contribution in [0.5, 0.6) is 0 Å². The van der Waals surface area contributed by atoms with Crippen molar-refractivity contribution in [3.63, 3.8) is 0 Å². The summed E-state index contributed by atoms with van der Waals surface area (Å²) < 4.78 is 8.94. The number of benzene rings is 9. The van der Waals surface area contributed by atoms with Gasteiger partial charge in [0.05, 0.1) is 0 Å². The molecule has 1 aliphatic rings. The zero-order chi connectivity index (χ0) is 35.3. The molecule has 0 atom stereocenters. The van der Waals surface area contributed by atoms with Crippen molar-refractivity contribution < 1.29 is 4.42 Å². The van der Waals surface area contributed by atoms with Crippen LogP contribution in [0.2, 0.25) is 0 Å². The molecule has 9 aromatic carbocycles. The fourth-order valence-corrected chi connectivity index (χ4v) is 10.4. The summed E-state index contributed by atoms with van der Waals surface area (Å²) in [5, 5.41) is 15.2. The maximum absolute atomic E-state index is 6.35. The lowest BCUT2D eigenvalue weighted by Gasteiger charge is -2.18. The summed E-state index contributed by atoms with van der Waals surface area (Å²) >= 11 is 1.89. The highest BCUT2D eigenvalue weighted by atomic mass is 32.1. The minimum atomic E-state index is 0.934. The van der Waals surface area contributed by atoms with E-state index in [0.717, 1.165) is 24.0 Å². The molecular weight excluding hydrogens is 673 g/mol. The van der Waals surface area contributed by atoms with Crippen molar-refractivity contribution in [2.75, 3.05) is 0 Å². The van der Waals surface area contributed by atoms with E-state index in [2.05, 4.69) is 170 Å². The van der Waals surface area contributed by atoms with Gasteiger partial charge in [0.1, 0.15) is 11.2 Å². The molecule has 1 nitrogen and oxygen atoms in total. The molecule has 1 aliphatic carbocycles. The predicted octanol–water partition coefficient (Wildman–Crippen LogP) is 15.6. The molecule has 0 unspecified atom stereocenters. The van der Waals surface area contributed by atoms with Crippen LogP contribution in [0.25, 0.3) is 113 Å². The molecule has 0 bridgehead atoms. The van der Waals surface area contributed by atoms with Gasteiger partial charge in [-0.1, -0.05) is 133 Å². The molecule has 252 valence electrons. The zero-order valence-electron chi connectivity index (χ0n) is 29.4. The number of allylic oxidation sites excluding steroid dienone is 4. The average Bonchev–Trinajstić information content (AvgIpc) is 3.81. The number of para-hydroxylation sites is 1. The second-order valence-electron chi connectivity index (χ2n) is 14.7. The van der Waals surface area contributed by atoms with Crippen LogP contribution in [0.15, 0.2) is 174 Å². The van der Waals surface area contributed by atoms with Gasteiger partial charge in [-0.15, -0.1) is 11.3 Å². The maximum atomic E-state index is 6.35. The molecule has 0 N–H and O–H groups in total. The molecular formula is C52H32OS. The molecule has 0 saturated carbocycles. The summed E-state index contributed by atoms with van der Waals surface area (Å²) in [6.07, 6.45) is 8.92. The van der Waals surface area contributed by atoms with Crippen molar-refractivity contribution in [3.8, 4) is 22.3 Å². The van der Waals surface area contributed by atoms with Crippen LogP contribution in [0, 0.1) is 0 Å². The highest BCUT2D eigenvalue weighted by Gasteiger charge is 2.20. The Kier molecular flexibility index (Phi) is 6.40. The highest BCUT2D eigenvalue weighted by Crippen LogP contribution is 2.48. The molecule has 0 fully saturated rings. The van der Waals surface area contributed by atoms with Crippen LogP contribution in [0.4, 0.5) is 0 Å². The first-order valence-corrected chi connectivity index (χ1v) is 19.6. The van der Waals surface area contributed by atoms with Crippen molar-refractivity contribution >= 4 is 102 Å². The van der Waals surface area contributed by atoms with Gasteiger partial charge in [0.25, 0.3) is 0 Å². The van der Waals surface area contributed by atoms with E-state index in [0.29, 0.717) is 0 Å². The molecule has 0 aliphatic heterocycles. The van der Waals surface area contributed by atoms with Gasteiger partial charge >= 0.3 is 0 Å². The van der Waals surface area contributed by atoms with Gasteiger partial charge in [0, 0.05) is 36.3 Å². The standard InChI is InChI=1S/C52H32OS/c1-2-10-31(11-3-1)33-18-19-35-29-36(21-20-34(35)28-33)48-38-12-4-6-14-40(38)49(41-15-7-5-13-39(41)48)37-22-25-43-47(30-37)54-46-27-24-32-23-26-45-51(50(32)52(43)46)42-16-8-9-17-44(42)53-45/h1-2,4-10,12-30H,3,11H2. The molecule has 11 aromatic rings. The first-order valence-electron chi connectivity index (χ1n) is 18.8. The van der Waals surface area contributed by atoms with Gasteiger partial charge in [-0.25, -0.2) is 0 Å². The van der Waals surface area contributed by atoms with Crippen LogP contribution in [0.3, 0.4) is 0 Å². The van der Waals surface area contributed by atoms with Gasteiger partial charge in [-0.2, -0.15) is 0 Å². The van der Waals surface area contributed by atoms with E-state index in [-0.39, 0.29) is 0 Å². The second kappa shape index (κ2) is 11.5. The number of fused-ring (bicyclic) bond motifs is 12. The van der Waals surface area contributed by atoms with Crippen LogP contribution in [-0.4, -0.2) is 0 Å². The molecule has 2 heteroatoms. The van der Waals surface area contributed by atoms with E-state index in [9.17, 15) is 0 Å². The van der Waals surface area contributed by atoms with Crippen LogP contribution < -0.4 is 0 Å². The van der Waals surface area contributed by atoms with Crippen molar-refractivity contribution in [1.82, 2.24) is 0 Å². The lowest BCUT2D eigenvalue weighted by atomic mass is 9.85. The van der Waals surface area contributed by atoms with E-state index in [1.807, 2.05) is 11.3 Å². The molecule has 12 rings (SSSR count). The van der Waals surface area contributed by atoms with E-state index < -0.39 is 0 Å². The lowest BCUT2D eigenvalue weighted by Crippen LogP contribution is -1.91. The van der Waals surface area contributed by atoms with E-state index in [1.54, 1.807) is 0 Å². The summed E-state index contributed by atoms with van der Waals surface area (Å²) in [5.74, 6) is 0. The molecule has 0 radical (unpaired) electrons. The Morgan fingerprint density at radius 1 is 0.426 bits per heavy atom. The van der Waals surface area contributed by atoms with E-state index in [1.165, 1.54) is 107 Å². The van der Waals surface area contributed by atoms with Gasteiger partial charge in [0.2, 0.25) is 0 Å². The maximum Gasteiger partial charge on any atom is 0.136 e. The lowest BCUT2D eigenvalue weighted by molar-refractivity contribution is 0.669. The Morgan fingerprint density at radius 3 is 1.76 bits per heavy atom. The molecule has 0 amide bonds. The summed E-state index contributed by atoms with van der Waals surface area (Å²) in [4.78, 5) is 0. The number of furan rings is 1. The smallest absolute Gasteiger partial charge is 0.136 e. The Balaban J connectivity index is 1.07. The third-order valence-corrected chi connectivity index (χ3v) is 12.8. The van der Waals surface area contributed by atoms with Gasteiger partial charge in [0.15, 0.2) is 0 Å². The fourth-order valence-electron chi connectivity index (χ4n) is 9.25. The molecule has 54 heavy (non-hydrogen) atoms.